The first kappa shape index (κ1) is 12.8. The number of aliphatic hydroxyl groups excluding tert-OH is 1. The molecule has 1 atom stereocenters. The average Bonchev–Trinajstić information content (AvgIpc) is 2.43. The van der Waals surface area contributed by atoms with Crippen LogP contribution in [0.25, 0.3) is 0 Å². The van der Waals surface area contributed by atoms with E-state index in [-0.39, 0.29) is 6.61 Å². The largest absolute Gasteiger partial charge is 0.392 e. The summed E-state index contributed by atoms with van der Waals surface area (Å²) in [6, 6.07) is 0. The molecule has 1 unspecified atom stereocenters. The number of rotatable bonds is 4. The van der Waals surface area contributed by atoms with Gasteiger partial charge in [0.15, 0.2) is 0 Å². The molecule has 0 amide bonds. The maximum atomic E-state index is 9.15. The molecule has 0 saturated heterocycles. The number of hydrogen-bond donors (Lipinski definition) is 1. The van der Waals surface area contributed by atoms with Gasteiger partial charge in [-0.3, -0.25) is 0 Å². The third-order valence-electron chi connectivity index (χ3n) is 4.66. The molecule has 0 bridgehead atoms. The van der Waals surface area contributed by atoms with Crippen molar-refractivity contribution in [3.8, 4) is 0 Å². The third-order valence-corrected chi connectivity index (χ3v) is 4.66. The standard InChI is InChI=1S/C14H26O/c1-5-12(11-15)7-10-14(4)9-6-8-13(14,2)3/h7,15H,5-6,8-11H2,1-4H3/b12-7+. The lowest BCUT2D eigenvalue weighted by Crippen LogP contribution is -2.29. The van der Waals surface area contributed by atoms with E-state index in [1.54, 1.807) is 0 Å². The summed E-state index contributed by atoms with van der Waals surface area (Å²) in [4.78, 5) is 0. The minimum atomic E-state index is 0.229. The first-order valence-electron chi connectivity index (χ1n) is 6.24. The third kappa shape index (κ3) is 2.63. The zero-order valence-electron chi connectivity index (χ0n) is 10.8. The quantitative estimate of drug-likeness (QED) is 0.697. The molecule has 1 aliphatic carbocycles. The monoisotopic (exact) mass is 210 g/mol. The van der Waals surface area contributed by atoms with Gasteiger partial charge >= 0.3 is 0 Å². The Kier molecular flexibility index (Phi) is 3.99. The summed E-state index contributed by atoms with van der Waals surface area (Å²) in [5.41, 5.74) is 2.08. The van der Waals surface area contributed by atoms with Crippen LogP contribution in [0.5, 0.6) is 0 Å². The highest BCUT2D eigenvalue weighted by Gasteiger charge is 2.43. The van der Waals surface area contributed by atoms with Gasteiger partial charge < -0.3 is 5.11 Å². The maximum absolute atomic E-state index is 9.15. The lowest BCUT2D eigenvalue weighted by Gasteiger charge is -2.38. The van der Waals surface area contributed by atoms with Crippen LogP contribution in [0.2, 0.25) is 0 Å². The van der Waals surface area contributed by atoms with E-state index in [0.29, 0.717) is 10.8 Å². The predicted octanol–water partition coefficient (Wildman–Crippen LogP) is 3.92. The molecule has 1 rings (SSSR count). The molecule has 0 aromatic rings. The van der Waals surface area contributed by atoms with Crippen LogP contribution in [0.4, 0.5) is 0 Å². The molecule has 1 fully saturated rings. The fraction of sp³-hybridized carbons (Fsp3) is 0.857. The van der Waals surface area contributed by atoms with Crippen molar-refractivity contribution in [2.24, 2.45) is 10.8 Å². The molecule has 0 aliphatic heterocycles. The van der Waals surface area contributed by atoms with Gasteiger partial charge in [-0.15, -0.1) is 0 Å². The van der Waals surface area contributed by atoms with Crippen molar-refractivity contribution in [1.29, 1.82) is 0 Å². The van der Waals surface area contributed by atoms with Crippen LogP contribution in [0.1, 0.15) is 59.8 Å². The highest BCUT2D eigenvalue weighted by Crippen LogP contribution is 2.54. The van der Waals surface area contributed by atoms with Crippen molar-refractivity contribution >= 4 is 0 Å². The molecule has 15 heavy (non-hydrogen) atoms. The summed E-state index contributed by atoms with van der Waals surface area (Å²) in [7, 11) is 0. The molecule has 1 saturated carbocycles. The first-order chi connectivity index (χ1) is 6.95. The van der Waals surface area contributed by atoms with Crippen molar-refractivity contribution in [2.45, 2.75) is 59.8 Å². The Morgan fingerprint density at radius 2 is 1.93 bits per heavy atom. The van der Waals surface area contributed by atoms with Crippen molar-refractivity contribution in [1.82, 2.24) is 0 Å². The number of hydrogen-bond acceptors (Lipinski definition) is 1. The van der Waals surface area contributed by atoms with E-state index in [1.807, 2.05) is 0 Å². The van der Waals surface area contributed by atoms with Crippen molar-refractivity contribution in [3.05, 3.63) is 11.6 Å². The van der Waals surface area contributed by atoms with Crippen molar-refractivity contribution in [3.63, 3.8) is 0 Å². The molecule has 88 valence electrons. The Labute approximate surface area is 94.6 Å². The Bertz CT molecular complexity index is 234. The van der Waals surface area contributed by atoms with E-state index >= 15 is 0 Å². The lowest BCUT2D eigenvalue weighted by atomic mass is 9.67. The topological polar surface area (TPSA) is 20.2 Å². The molecule has 0 spiro atoms. The van der Waals surface area contributed by atoms with Crippen LogP contribution in [0.15, 0.2) is 11.6 Å². The zero-order valence-corrected chi connectivity index (χ0v) is 10.8. The van der Waals surface area contributed by atoms with E-state index in [0.717, 1.165) is 12.8 Å². The smallest absolute Gasteiger partial charge is 0.0641 e. The van der Waals surface area contributed by atoms with Gasteiger partial charge in [0.05, 0.1) is 6.61 Å². The second-order valence-corrected chi connectivity index (χ2v) is 5.88. The summed E-state index contributed by atoms with van der Waals surface area (Å²) in [6.07, 6.45) is 8.42. The SMILES string of the molecule is CC/C(=C\CC1(C)CCCC1(C)C)CO. The molecule has 0 heterocycles. The van der Waals surface area contributed by atoms with E-state index in [2.05, 4.69) is 33.8 Å². The summed E-state index contributed by atoms with van der Waals surface area (Å²) in [5.74, 6) is 0. The highest BCUT2D eigenvalue weighted by molar-refractivity contribution is 5.06. The molecule has 1 aliphatic rings. The van der Waals surface area contributed by atoms with Crippen LogP contribution in [-0.2, 0) is 0 Å². The van der Waals surface area contributed by atoms with Gasteiger partial charge in [0.25, 0.3) is 0 Å². The van der Waals surface area contributed by atoms with Gasteiger partial charge in [0.2, 0.25) is 0 Å². The molecule has 0 aromatic heterocycles. The Morgan fingerprint density at radius 1 is 1.27 bits per heavy atom. The molecule has 0 radical (unpaired) electrons. The van der Waals surface area contributed by atoms with E-state index in [9.17, 15) is 0 Å². The van der Waals surface area contributed by atoms with Gasteiger partial charge in [-0.2, -0.15) is 0 Å². The van der Waals surface area contributed by atoms with Crippen LogP contribution in [-0.4, -0.2) is 11.7 Å². The molecule has 1 nitrogen and oxygen atoms in total. The second-order valence-electron chi connectivity index (χ2n) is 5.88. The summed E-state index contributed by atoms with van der Waals surface area (Å²) in [5, 5.41) is 9.15. The number of allylic oxidation sites excluding steroid dienone is 1. The van der Waals surface area contributed by atoms with Gasteiger partial charge in [-0.25, -0.2) is 0 Å². The minimum absolute atomic E-state index is 0.229. The van der Waals surface area contributed by atoms with E-state index < -0.39 is 0 Å². The number of aliphatic hydroxyl groups is 1. The van der Waals surface area contributed by atoms with Crippen LogP contribution in [0, 0.1) is 10.8 Å². The Hall–Kier alpha value is -0.300. The van der Waals surface area contributed by atoms with Crippen molar-refractivity contribution in [2.75, 3.05) is 6.61 Å². The van der Waals surface area contributed by atoms with Crippen LogP contribution < -0.4 is 0 Å². The maximum Gasteiger partial charge on any atom is 0.0641 e. The molecular formula is C14H26O. The molecule has 1 N–H and O–H groups in total. The Balaban J connectivity index is 2.68. The lowest BCUT2D eigenvalue weighted by molar-refractivity contribution is 0.135. The average molecular weight is 210 g/mol. The second kappa shape index (κ2) is 4.69. The normalized spacial score (nSPS) is 30.9. The van der Waals surface area contributed by atoms with Gasteiger partial charge in [-0.05, 0) is 42.1 Å². The summed E-state index contributed by atoms with van der Waals surface area (Å²) in [6.45, 7) is 9.52. The van der Waals surface area contributed by atoms with Gasteiger partial charge in [-0.1, -0.05) is 40.2 Å². The zero-order chi connectivity index (χ0) is 11.5. The van der Waals surface area contributed by atoms with E-state index in [1.165, 1.54) is 24.8 Å². The van der Waals surface area contributed by atoms with Crippen molar-refractivity contribution < 1.29 is 5.11 Å². The molecule has 1 heteroatoms. The summed E-state index contributed by atoms with van der Waals surface area (Å²) >= 11 is 0. The summed E-state index contributed by atoms with van der Waals surface area (Å²) < 4.78 is 0. The van der Waals surface area contributed by atoms with E-state index in [4.69, 9.17) is 5.11 Å². The van der Waals surface area contributed by atoms with Crippen LogP contribution in [0.3, 0.4) is 0 Å². The fourth-order valence-corrected chi connectivity index (χ4v) is 2.63. The fourth-order valence-electron chi connectivity index (χ4n) is 2.63. The predicted molar refractivity (Wildman–Crippen MR) is 65.8 cm³/mol. The molecular weight excluding hydrogens is 184 g/mol. The van der Waals surface area contributed by atoms with Gasteiger partial charge in [0.1, 0.15) is 0 Å². The first-order valence-corrected chi connectivity index (χ1v) is 6.24. The minimum Gasteiger partial charge on any atom is -0.392 e. The highest BCUT2D eigenvalue weighted by atomic mass is 16.3. The van der Waals surface area contributed by atoms with Crippen LogP contribution >= 0.6 is 0 Å². The Morgan fingerprint density at radius 3 is 2.33 bits per heavy atom. The molecule has 0 aromatic carbocycles. The van der Waals surface area contributed by atoms with Gasteiger partial charge in [0, 0.05) is 0 Å².